The fourth-order valence-corrected chi connectivity index (χ4v) is 1.49. The quantitative estimate of drug-likeness (QED) is 0.356. The number of allylic oxidation sites excluding steroid dienone is 9. The van der Waals surface area contributed by atoms with E-state index in [0.29, 0.717) is 29.6 Å². The molecule has 2 nitrogen and oxygen atoms in total. The van der Waals surface area contributed by atoms with E-state index in [4.69, 9.17) is 0 Å². The van der Waals surface area contributed by atoms with Crippen LogP contribution in [0.15, 0.2) is 72.9 Å². The first-order chi connectivity index (χ1) is 9.12. The highest BCUT2D eigenvalue weighted by atomic mass is 16.1. The first kappa shape index (κ1) is 16.8. The van der Waals surface area contributed by atoms with E-state index in [2.05, 4.69) is 19.7 Å². The number of hydrogen-bond acceptors (Lipinski definition) is 2. The number of Topliss-reactive ketones (excluding diaryl/α,β-unsaturated/α-hetero) is 1. The summed E-state index contributed by atoms with van der Waals surface area (Å²) in [7, 11) is 0. The van der Waals surface area contributed by atoms with E-state index in [1.165, 1.54) is 12.2 Å². The van der Waals surface area contributed by atoms with Crippen LogP contribution >= 0.6 is 0 Å². The van der Waals surface area contributed by atoms with Crippen molar-refractivity contribution < 1.29 is 9.59 Å². The summed E-state index contributed by atoms with van der Waals surface area (Å²) in [6.07, 6.45) is 11.9. The van der Waals surface area contributed by atoms with Crippen LogP contribution in [0.25, 0.3) is 0 Å². The number of carbonyl (C=O) groups is 2. The molecule has 0 rings (SSSR count). The third-order valence-corrected chi connectivity index (χ3v) is 2.60. The highest BCUT2D eigenvalue weighted by Crippen LogP contribution is 2.15. The van der Waals surface area contributed by atoms with Crippen molar-refractivity contribution in [1.29, 1.82) is 0 Å². The van der Waals surface area contributed by atoms with Gasteiger partial charge in [0.15, 0.2) is 5.78 Å². The Morgan fingerprint density at radius 2 is 1.84 bits per heavy atom. The molecule has 0 aliphatic heterocycles. The van der Waals surface area contributed by atoms with Crippen molar-refractivity contribution in [2.45, 2.75) is 19.8 Å². The van der Waals surface area contributed by atoms with Crippen LogP contribution in [0.3, 0.4) is 0 Å². The van der Waals surface area contributed by atoms with Crippen molar-refractivity contribution >= 4 is 12.1 Å². The van der Waals surface area contributed by atoms with Crippen molar-refractivity contribution in [3.05, 3.63) is 72.9 Å². The SMILES string of the molecule is C=C/C=C\CC/C(C=O)=C(\C)C(=O)/C(C=C)=C/C=C. The highest BCUT2D eigenvalue weighted by Gasteiger charge is 2.12. The molecule has 0 spiro atoms. The molecule has 0 N–H and O–H groups in total. The Morgan fingerprint density at radius 1 is 1.16 bits per heavy atom. The van der Waals surface area contributed by atoms with E-state index in [1.807, 2.05) is 12.2 Å². The molecule has 0 aliphatic carbocycles. The molecule has 0 fully saturated rings. The summed E-state index contributed by atoms with van der Waals surface area (Å²) in [5.41, 5.74) is 1.40. The highest BCUT2D eigenvalue weighted by molar-refractivity contribution is 6.12. The molecule has 0 saturated carbocycles. The number of hydrogen-bond donors (Lipinski definition) is 0. The first-order valence-corrected chi connectivity index (χ1v) is 6.04. The second-order valence-corrected chi connectivity index (χ2v) is 3.86. The van der Waals surface area contributed by atoms with E-state index in [-0.39, 0.29) is 5.78 Å². The van der Waals surface area contributed by atoms with E-state index in [9.17, 15) is 9.59 Å². The minimum Gasteiger partial charge on any atom is -0.298 e. The fourth-order valence-electron chi connectivity index (χ4n) is 1.49. The Balaban J connectivity index is 5.09. The molecule has 0 saturated heterocycles. The fraction of sp³-hybridized carbons (Fsp3) is 0.176. The molecule has 0 aromatic rings. The Hall–Kier alpha value is -2.22. The van der Waals surface area contributed by atoms with Gasteiger partial charge in [-0.2, -0.15) is 0 Å². The van der Waals surface area contributed by atoms with Gasteiger partial charge in [0.1, 0.15) is 6.29 Å². The van der Waals surface area contributed by atoms with Crippen LogP contribution in [0.1, 0.15) is 19.8 Å². The van der Waals surface area contributed by atoms with E-state index >= 15 is 0 Å². The maximum absolute atomic E-state index is 12.1. The maximum atomic E-state index is 12.1. The minimum absolute atomic E-state index is 0.190. The molecule has 0 bridgehead atoms. The summed E-state index contributed by atoms with van der Waals surface area (Å²) in [4.78, 5) is 23.2. The summed E-state index contributed by atoms with van der Waals surface area (Å²) < 4.78 is 0. The molecule has 0 atom stereocenters. The second-order valence-electron chi connectivity index (χ2n) is 3.86. The van der Waals surface area contributed by atoms with Crippen molar-refractivity contribution in [1.82, 2.24) is 0 Å². The van der Waals surface area contributed by atoms with Crippen molar-refractivity contribution in [2.75, 3.05) is 0 Å². The van der Waals surface area contributed by atoms with Crippen LogP contribution in [-0.4, -0.2) is 12.1 Å². The third kappa shape index (κ3) is 5.77. The van der Waals surface area contributed by atoms with Crippen LogP contribution in [0.5, 0.6) is 0 Å². The molecule has 0 radical (unpaired) electrons. The van der Waals surface area contributed by atoms with Crippen LogP contribution in [0.2, 0.25) is 0 Å². The zero-order valence-corrected chi connectivity index (χ0v) is 11.4. The first-order valence-electron chi connectivity index (χ1n) is 6.04. The third-order valence-electron chi connectivity index (χ3n) is 2.60. The van der Waals surface area contributed by atoms with Crippen molar-refractivity contribution in [3.8, 4) is 0 Å². The molecular weight excluding hydrogens is 236 g/mol. The molecule has 0 unspecified atom stereocenters. The van der Waals surface area contributed by atoms with Gasteiger partial charge < -0.3 is 0 Å². The molecule has 0 aromatic heterocycles. The number of rotatable bonds is 9. The van der Waals surface area contributed by atoms with Gasteiger partial charge >= 0.3 is 0 Å². The molecule has 2 heteroatoms. The lowest BCUT2D eigenvalue weighted by Crippen LogP contribution is -2.06. The average Bonchev–Trinajstić information content (AvgIpc) is 2.43. The van der Waals surface area contributed by atoms with Gasteiger partial charge in [-0.3, -0.25) is 9.59 Å². The minimum atomic E-state index is -0.190. The molecular formula is C17H20O2. The molecule has 0 heterocycles. The molecule has 100 valence electrons. The normalized spacial score (nSPS) is 12.8. The van der Waals surface area contributed by atoms with Gasteiger partial charge in [-0.05, 0) is 25.3 Å². The van der Waals surface area contributed by atoms with Gasteiger partial charge in [0, 0.05) is 11.1 Å². The number of ketones is 1. The van der Waals surface area contributed by atoms with Gasteiger partial charge in [0.25, 0.3) is 0 Å². The van der Waals surface area contributed by atoms with Crippen molar-refractivity contribution in [2.24, 2.45) is 0 Å². The Morgan fingerprint density at radius 3 is 2.32 bits per heavy atom. The summed E-state index contributed by atoms with van der Waals surface area (Å²) in [5.74, 6) is -0.190. The van der Waals surface area contributed by atoms with Gasteiger partial charge in [0.05, 0.1) is 0 Å². The molecule has 0 aliphatic rings. The summed E-state index contributed by atoms with van der Waals surface area (Å²) in [6.45, 7) is 12.4. The van der Waals surface area contributed by atoms with Gasteiger partial charge in [-0.15, -0.1) is 0 Å². The Bertz CT molecular complexity index is 460. The molecule has 0 aromatic carbocycles. The second kappa shape index (κ2) is 9.77. The van der Waals surface area contributed by atoms with Crippen LogP contribution in [0.4, 0.5) is 0 Å². The predicted octanol–water partition coefficient (Wildman–Crippen LogP) is 3.89. The van der Waals surface area contributed by atoms with Crippen LogP contribution < -0.4 is 0 Å². The zero-order valence-electron chi connectivity index (χ0n) is 11.4. The average molecular weight is 256 g/mol. The van der Waals surface area contributed by atoms with E-state index in [1.54, 1.807) is 19.1 Å². The zero-order chi connectivity index (χ0) is 14.7. The van der Waals surface area contributed by atoms with E-state index < -0.39 is 0 Å². The smallest absolute Gasteiger partial charge is 0.189 e. The van der Waals surface area contributed by atoms with Crippen LogP contribution in [-0.2, 0) is 9.59 Å². The predicted molar refractivity (Wildman–Crippen MR) is 80.8 cm³/mol. The maximum Gasteiger partial charge on any atom is 0.189 e. The van der Waals surface area contributed by atoms with Gasteiger partial charge in [-0.25, -0.2) is 0 Å². The standard InChI is InChI=1S/C17H20O2/c1-5-8-9-10-12-16(13-18)14(4)17(19)15(7-3)11-6-2/h5-9,11,13H,1-3,10,12H2,4H3/b9-8-,15-11+,16-14-. The molecule has 19 heavy (non-hydrogen) atoms. The van der Waals surface area contributed by atoms with Crippen LogP contribution in [0, 0.1) is 0 Å². The lowest BCUT2D eigenvalue weighted by molar-refractivity contribution is -0.112. The number of carbonyl (C=O) groups excluding carboxylic acids is 2. The Labute approximate surface area is 115 Å². The summed E-state index contributed by atoms with van der Waals surface area (Å²) >= 11 is 0. The molecule has 0 amide bonds. The van der Waals surface area contributed by atoms with Crippen molar-refractivity contribution in [3.63, 3.8) is 0 Å². The lowest BCUT2D eigenvalue weighted by atomic mass is 9.97. The largest absolute Gasteiger partial charge is 0.298 e. The Kier molecular flexibility index (Phi) is 8.63. The summed E-state index contributed by atoms with van der Waals surface area (Å²) in [5, 5.41) is 0. The number of aldehydes is 1. The monoisotopic (exact) mass is 256 g/mol. The van der Waals surface area contributed by atoms with Gasteiger partial charge in [0.2, 0.25) is 0 Å². The topological polar surface area (TPSA) is 34.1 Å². The lowest BCUT2D eigenvalue weighted by Gasteiger charge is -2.05. The van der Waals surface area contributed by atoms with Gasteiger partial charge in [-0.1, -0.05) is 56.2 Å². The summed E-state index contributed by atoms with van der Waals surface area (Å²) in [6, 6.07) is 0. The van der Waals surface area contributed by atoms with E-state index in [0.717, 1.165) is 6.29 Å².